The minimum Gasteiger partial charge on any atom is -0.497 e. The Morgan fingerprint density at radius 3 is 2.35 bits per heavy atom. The van der Waals surface area contributed by atoms with Crippen LogP contribution in [0.1, 0.15) is 59.8 Å². The number of methoxy groups -OCH3 is 1. The summed E-state index contributed by atoms with van der Waals surface area (Å²) in [6.07, 6.45) is 3.06. The molecule has 2 fully saturated rings. The third kappa shape index (κ3) is 8.31. The molecule has 2 heterocycles. The summed E-state index contributed by atoms with van der Waals surface area (Å²) in [6.45, 7) is 9.72. The second-order valence-corrected chi connectivity index (χ2v) is 11.4. The number of ether oxygens (including phenoxy) is 2. The molecule has 0 aliphatic carbocycles. The third-order valence-electron chi connectivity index (χ3n) is 6.92. The van der Waals surface area contributed by atoms with E-state index in [1.807, 2.05) is 29.2 Å². The van der Waals surface area contributed by atoms with E-state index in [9.17, 15) is 14.4 Å². The first-order valence-corrected chi connectivity index (χ1v) is 13.3. The first-order valence-electron chi connectivity index (χ1n) is 12.9. The van der Waals surface area contributed by atoms with Gasteiger partial charge in [0.25, 0.3) is 0 Å². The average molecular weight is 533 g/mol. The molecule has 2 amide bonds. The molecule has 2 N–H and O–H groups in total. The summed E-state index contributed by atoms with van der Waals surface area (Å²) in [4.78, 5) is 41.3. The molecule has 2 aliphatic rings. The lowest BCUT2D eigenvalue weighted by Gasteiger charge is -2.40. The third-order valence-corrected chi connectivity index (χ3v) is 7.28. The van der Waals surface area contributed by atoms with E-state index in [2.05, 4.69) is 15.5 Å². The largest absolute Gasteiger partial charge is 0.497 e. The zero-order chi connectivity index (χ0) is 27.2. The normalized spacial score (nSPS) is 17.8. The highest BCUT2D eigenvalue weighted by molar-refractivity contribution is 7.80. The first-order chi connectivity index (χ1) is 17.4. The van der Waals surface area contributed by atoms with Gasteiger partial charge in [-0.15, -0.1) is 0 Å². The SMILES string of the molecule is COc1cccc(NC(=S)N2CCC3(CCN(C(=O)C(CCC(=O)OC(C)(C)C)NC(C)=O)C3)CC2)c1. The number of rotatable bonds is 7. The van der Waals surface area contributed by atoms with Crippen LogP contribution >= 0.6 is 12.2 Å². The van der Waals surface area contributed by atoms with Crippen LogP contribution in [0.5, 0.6) is 5.75 Å². The number of carbonyl (C=O) groups excluding carboxylic acids is 3. The Bertz CT molecular complexity index is 1000. The van der Waals surface area contributed by atoms with Gasteiger partial charge in [-0.25, -0.2) is 0 Å². The minimum atomic E-state index is -0.736. The summed E-state index contributed by atoms with van der Waals surface area (Å²) in [5.74, 6) is -0.0284. The number of likely N-dealkylation sites (tertiary alicyclic amines) is 2. The molecule has 0 saturated carbocycles. The molecule has 0 radical (unpaired) electrons. The molecule has 2 aliphatic heterocycles. The van der Waals surface area contributed by atoms with Crippen LogP contribution in [-0.4, -0.2) is 77.6 Å². The van der Waals surface area contributed by atoms with Crippen molar-refractivity contribution in [3.63, 3.8) is 0 Å². The number of amides is 2. The molecule has 2 saturated heterocycles. The van der Waals surface area contributed by atoms with Gasteiger partial charge in [0.05, 0.1) is 7.11 Å². The van der Waals surface area contributed by atoms with Crippen LogP contribution in [0, 0.1) is 5.41 Å². The molecule has 1 aromatic rings. The molecule has 0 aromatic heterocycles. The summed E-state index contributed by atoms with van der Waals surface area (Å²) < 4.78 is 10.6. The molecule has 10 heteroatoms. The highest BCUT2D eigenvalue weighted by Crippen LogP contribution is 2.40. The Morgan fingerprint density at radius 1 is 1.11 bits per heavy atom. The van der Waals surface area contributed by atoms with E-state index in [4.69, 9.17) is 21.7 Å². The molecule has 1 spiro atoms. The second-order valence-electron chi connectivity index (χ2n) is 11.0. The molecule has 3 rings (SSSR count). The van der Waals surface area contributed by atoms with Crippen LogP contribution in [0.4, 0.5) is 5.69 Å². The van der Waals surface area contributed by atoms with E-state index in [-0.39, 0.29) is 36.0 Å². The first kappa shape index (κ1) is 28.7. The van der Waals surface area contributed by atoms with Gasteiger partial charge in [-0.2, -0.15) is 0 Å². The molecule has 9 nitrogen and oxygen atoms in total. The topological polar surface area (TPSA) is 100 Å². The van der Waals surface area contributed by atoms with Gasteiger partial charge in [0, 0.05) is 51.3 Å². The van der Waals surface area contributed by atoms with Crippen molar-refractivity contribution in [3.8, 4) is 5.75 Å². The number of hydrogen-bond donors (Lipinski definition) is 2. The summed E-state index contributed by atoms with van der Waals surface area (Å²) >= 11 is 5.65. The van der Waals surface area contributed by atoms with Gasteiger partial charge in [0.15, 0.2) is 5.11 Å². The maximum atomic E-state index is 13.3. The van der Waals surface area contributed by atoms with Gasteiger partial charge in [-0.05, 0) is 76.2 Å². The summed E-state index contributed by atoms with van der Waals surface area (Å²) in [5.41, 5.74) is 0.341. The fraction of sp³-hybridized carbons (Fsp3) is 0.630. The maximum absolute atomic E-state index is 13.3. The lowest BCUT2D eigenvalue weighted by atomic mass is 9.78. The van der Waals surface area contributed by atoms with E-state index in [0.29, 0.717) is 18.2 Å². The Kier molecular flexibility index (Phi) is 9.39. The molecule has 1 unspecified atom stereocenters. The van der Waals surface area contributed by atoms with Crippen LogP contribution in [0.15, 0.2) is 24.3 Å². The van der Waals surface area contributed by atoms with E-state index in [0.717, 1.165) is 43.8 Å². The standard InChI is InChI=1S/C27H40N4O5S/c1-19(32)28-22(9-10-23(33)36-26(2,3)4)24(34)31-16-13-27(18-31)11-14-30(15-12-27)25(37)29-20-7-6-8-21(17-20)35-5/h6-8,17,22H,9-16,18H2,1-5H3,(H,28,32)(H,29,37). The number of carbonyl (C=O) groups is 3. The second kappa shape index (κ2) is 12.1. The van der Waals surface area contributed by atoms with Gasteiger partial charge in [0.1, 0.15) is 17.4 Å². The molecular formula is C27H40N4O5S. The van der Waals surface area contributed by atoms with Crippen LogP contribution in [0.25, 0.3) is 0 Å². The van der Waals surface area contributed by atoms with Crippen molar-refractivity contribution in [2.75, 3.05) is 38.6 Å². The van der Waals surface area contributed by atoms with E-state index >= 15 is 0 Å². The zero-order valence-electron chi connectivity index (χ0n) is 22.6. The molecule has 0 bridgehead atoms. The molecule has 37 heavy (non-hydrogen) atoms. The molecule has 204 valence electrons. The minimum absolute atomic E-state index is 0.0453. The Hall–Kier alpha value is -2.88. The maximum Gasteiger partial charge on any atom is 0.306 e. The highest BCUT2D eigenvalue weighted by atomic mass is 32.1. The predicted octanol–water partition coefficient (Wildman–Crippen LogP) is 3.33. The van der Waals surface area contributed by atoms with Crippen molar-refractivity contribution in [2.24, 2.45) is 5.41 Å². The Morgan fingerprint density at radius 2 is 1.76 bits per heavy atom. The van der Waals surface area contributed by atoms with Crippen molar-refractivity contribution in [1.29, 1.82) is 0 Å². The van der Waals surface area contributed by atoms with Crippen LogP contribution < -0.4 is 15.4 Å². The Labute approximate surface area is 225 Å². The van der Waals surface area contributed by atoms with Crippen molar-refractivity contribution in [1.82, 2.24) is 15.1 Å². The number of anilines is 1. The van der Waals surface area contributed by atoms with E-state index in [1.54, 1.807) is 27.9 Å². The fourth-order valence-corrected chi connectivity index (χ4v) is 5.30. The van der Waals surface area contributed by atoms with Crippen molar-refractivity contribution in [2.45, 2.75) is 71.4 Å². The van der Waals surface area contributed by atoms with Gasteiger partial charge >= 0.3 is 5.97 Å². The van der Waals surface area contributed by atoms with Crippen LogP contribution in [0.2, 0.25) is 0 Å². The number of thiocarbonyl (C=S) groups is 1. The molecule has 1 aromatic carbocycles. The lowest BCUT2D eigenvalue weighted by molar-refractivity contribution is -0.155. The number of nitrogens with one attached hydrogen (secondary N) is 2. The molecule has 1 atom stereocenters. The monoisotopic (exact) mass is 532 g/mol. The van der Waals surface area contributed by atoms with E-state index in [1.165, 1.54) is 6.92 Å². The zero-order valence-corrected chi connectivity index (χ0v) is 23.4. The van der Waals surface area contributed by atoms with Gasteiger partial charge in [-0.3, -0.25) is 14.4 Å². The number of nitrogens with zero attached hydrogens (tertiary/aromatic N) is 2. The predicted molar refractivity (Wildman–Crippen MR) is 146 cm³/mol. The van der Waals surface area contributed by atoms with Crippen LogP contribution in [-0.2, 0) is 19.1 Å². The molecular weight excluding hydrogens is 492 g/mol. The van der Waals surface area contributed by atoms with Gasteiger partial charge in [-0.1, -0.05) is 6.07 Å². The number of esters is 1. The highest BCUT2D eigenvalue weighted by Gasteiger charge is 2.43. The smallest absolute Gasteiger partial charge is 0.306 e. The van der Waals surface area contributed by atoms with Crippen LogP contribution in [0.3, 0.4) is 0 Å². The summed E-state index contributed by atoms with van der Waals surface area (Å²) in [5, 5.41) is 6.72. The fourth-order valence-electron chi connectivity index (χ4n) is 5.00. The number of piperidine rings is 1. The quantitative estimate of drug-likeness (QED) is 0.408. The summed E-state index contributed by atoms with van der Waals surface area (Å²) in [7, 11) is 1.64. The number of benzene rings is 1. The Balaban J connectivity index is 1.53. The van der Waals surface area contributed by atoms with Crippen molar-refractivity contribution < 1.29 is 23.9 Å². The lowest BCUT2D eigenvalue weighted by Crippen LogP contribution is -2.49. The van der Waals surface area contributed by atoms with E-state index < -0.39 is 11.6 Å². The van der Waals surface area contributed by atoms with Gasteiger partial charge < -0.3 is 29.9 Å². The average Bonchev–Trinajstić information content (AvgIpc) is 3.23. The van der Waals surface area contributed by atoms with Gasteiger partial charge in [0.2, 0.25) is 11.8 Å². The summed E-state index contributed by atoms with van der Waals surface area (Å²) in [6, 6.07) is 6.93. The number of hydrogen-bond acceptors (Lipinski definition) is 6. The van der Waals surface area contributed by atoms with Crippen molar-refractivity contribution >= 4 is 40.8 Å². The van der Waals surface area contributed by atoms with Crippen molar-refractivity contribution in [3.05, 3.63) is 24.3 Å².